The Morgan fingerprint density at radius 1 is 1.19 bits per heavy atom. The normalized spacial score (nSPS) is 19.8. The summed E-state index contributed by atoms with van der Waals surface area (Å²) in [6.07, 6.45) is 6.64. The van der Waals surface area contributed by atoms with Crippen molar-refractivity contribution in [2.45, 2.75) is 56.4 Å². The summed E-state index contributed by atoms with van der Waals surface area (Å²) in [6, 6.07) is 6.34. The van der Waals surface area contributed by atoms with Crippen LogP contribution in [-0.2, 0) is 14.8 Å². The van der Waals surface area contributed by atoms with Crippen LogP contribution in [0.3, 0.4) is 0 Å². The molecule has 1 N–H and O–H groups in total. The molecule has 0 bridgehead atoms. The number of nitrogens with one attached hydrogen (secondary N) is 1. The highest BCUT2D eigenvalue weighted by molar-refractivity contribution is 7.89. The quantitative estimate of drug-likeness (QED) is 0.457. The summed E-state index contributed by atoms with van der Waals surface area (Å²) in [6.45, 7) is 5.48. The number of benzene rings is 1. The van der Waals surface area contributed by atoms with E-state index in [4.69, 9.17) is 21.1 Å². The topological polar surface area (TPSA) is 103 Å². The van der Waals surface area contributed by atoms with Crippen molar-refractivity contribution in [3.8, 4) is 5.75 Å². The number of ether oxygens (including phenoxy) is 2. The number of unbranched alkanes of at least 4 members (excludes halogenated alkanes) is 1. The highest BCUT2D eigenvalue weighted by atomic mass is 35.5. The molecule has 2 aliphatic heterocycles. The summed E-state index contributed by atoms with van der Waals surface area (Å²) >= 11 is 6.39. The molecule has 3 heterocycles. The fourth-order valence-electron chi connectivity index (χ4n) is 4.57. The summed E-state index contributed by atoms with van der Waals surface area (Å²) in [7, 11) is -3.63. The molecule has 0 aliphatic carbocycles. The predicted molar refractivity (Wildman–Crippen MR) is 139 cm³/mol. The Labute approximate surface area is 217 Å². The van der Waals surface area contributed by atoms with Gasteiger partial charge in [0.25, 0.3) is 5.56 Å². The molecular weight excluding hydrogens is 504 g/mol. The van der Waals surface area contributed by atoms with Crippen LogP contribution in [0.5, 0.6) is 5.75 Å². The maximum Gasteiger partial charge on any atom is 0.287 e. The predicted octanol–water partition coefficient (Wildman–Crippen LogP) is 3.94. The van der Waals surface area contributed by atoms with E-state index < -0.39 is 10.0 Å². The second-order valence-corrected chi connectivity index (χ2v) is 11.7. The summed E-state index contributed by atoms with van der Waals surface area (Å²) in [5, 5.41) is 7.70. The molecule has 4 rings (SSSR count). The third-order valence-electron chi connectivity index (χ3n) is 6.78. The summed E-state index contributed by atoms with van der Waals surface area (Å²) < 4.78 is 40.3. The fourth-order valence-corrected chi connectivity index (χ4v) is 6.24. The average Bonchev–Trinajstić information content (AvgIpc) is 2.91. The molecule has 2 saturated heterocycles. The molecule has 1 atom stereocenters. The lowest BCUT2D eigenvalue weighted by atomic mass is 10.0. The zero-order valence-electron chi connectivity index (χ0n) is 20.7. The molecule has 0 radical (unpaired) electrons. The first-order chi connectivity index (χ1) is 17.4. The molecule has 0 spiro atoms. The Morgan fingerprint density at radius 2 is 1.94 bits per heavy atom. The maximum absolute atomic E-state index is 13.1. The number of sulfonamides is 1. The van der Waals surface area contributed by atoms with E-state index in [1.54, 1.807) is 30.5 Å². The second kappa shape index (κ2) is 12.4. The minimum absolute atomic E-state index is 0.109. The first-order valence-corrected chi connectivity index (χ1v) is 14.5. The SMILES string of the molecule is CCCCOc1ccc(S(=O)(=O)N2CCC(n3ncc(NC[C@H]4CCCOC4)c(Cl)c3=O)CC2)cc1. The zero-order chi connectivity index (χ0) is 25.5. The number of anilines is 1. The molecule has 1 aromatic heterocycles. The van der Waals surface area contributed by atoms with Gasteiger partial charge in [0.2, 0.25) is 10.0 Å². The fraction of sp³-hybridized carbons (Fsp3) is 0.600. The van der Waals surface area contributed by atoms with Crippen LogP contribution in [0, 0.1) is 5.92 Å². The van der Waals surface area contributed by atoms with Gasteiger partial charge in [0, 0.05) is 26.2 Å². The average molecular weight is 539 g/mol. The molecule has 0 saturated carbocycles. The van der Waals surface area contributed by atoms with Gasteiger partial charge in [-0.05, 0) is 62.3 Å². The molecule has 2 fully saturated rings. The molecular formula is C25H35ClN4O5S. The monoisotopic (exact) mass is 538 g/mol. The van der Waals surface area contributed by atoms with E-state index in [1.807, 2.05) is 0 Å². The number of piperidine rings is 1. The molecule has 36 heavy (non-hydrogen) atoms. The molecule has 11 heteroatoms. The summed E-state index contributed by atoms with van der Waals surface area (Å²) in [5.41, 5.74) is 0.159. The standard InChI is InChI=1S/C25H35ClN4O5S/c1-2-3-15-35-21-6-8-22(9-7-21)36(32,33)29-12-10-20(11-13-29)30-25(31)24(26)23(17-28-30)27-16-19-5-4-14-34-18-19/h6-9,17,19-20,27H,2-5,10-16,18H2,1H3/t19-/m1/s1. The smallest absolute Gasteiger partial charge is 0.287 e. The number of aromatic nitrogens is 2. The van der Waals surface area contributed by atoms with Crippen LogP contribution in [0.15, 0.2) is 40.2 Å². The minimum Gasteiger partial charge on any atom is -0.494 e. The number of hydrogen-bond donors (Lipinski definition) is 1. The highest BCUT2D eigenvalue weighted by Crippen LogP contribution is 2.28. The van der Waals surface area contributed by atoms with Gasteiger partial charge < -0.3 is 14.8 Å². The lowest BCUT2D eigenvalue weighted by Crippen LogP contribution is -2.41. The lowest BCUT2D eigenvalue weighted by Gasteiger charge is -2.31. The molecule has 2 aromatic rings. The van der Waals surface area contributed by atoms with E-state index >= 15 is 0 Å². The van der Waals surface area contributed by atoms with Gasteiger partial charge >= 0.3 is 0 Å². The molecule has 0 unspecified atom stereocenters. The molecule has 0 amide bonds. The first kappa shape index (κ1) is 26.9. The van der Waals surface area contributed by atoms with Gasteiger partial charge in [0.1, 0.15) is 10.8 Å². The number of hydrogen-bond acceptors (Lipinski definition) is 7. The Bertz CT molecular complexity index is 1160. The number of nitrogens with zero attached hydrogens (tertiary/aromatic N) is 3. The van der Waals surface area contributed by atoms with Crippen molar-refractivity contribution >= 4 is 27.3 Å². The van der Waals surface area contributed by atoms with Crippen molar-refractivity contribution in [1.82, 2.24) is 14.1 Å². The van der Waals surface area contributed by atoms with Crippen molar-refractivity contribution in [3.05, 3.63) is 45.8 Å². The highest BCUT2D eigenvalue weighted by Gasteiger charge is 2.31. The van der Waals surface area contributed by atoms with Crippen LogP contribution in [-0.4, -0.2) is 62.0 Å². The van der Waals surface area contributed by atoms with Gasteiger partial charge in [0.05, 0.1) is 36.0 Å². The van der Waals surface area contributed by atoms with Crippen molar-refractivity contribution in [2.75, 3.05) is 44.8 Å². The van der Waals surface area contributed by atoms with Gasteiger partial charge in [-0.15, -0.1) is 0 Å². The Kier molecular flexibility index (Phi) is 9.27. The van der Waals surface area contributed by atoms with Crippen LogP contribution in [0.25, 0.3) is 0 Å². The molecule has 9 nitrogen and oxygen atoms in total. The van der Waals surface area contributed by atoms with Gasteiger partial charge in [-0.2, -0.15) is 9.40 Å². The van der Waals surface area contributed by atoms with Crippen molar-refractivity contribution in [2.24, 2.45) is 5.92 Å². The van der Waals surface area contributed by atoms with Gasteiger partial charge in [0.15, 0.2) is 0 Å². The lowest BCUT2D eigenvalue weighted by molar-refractivity contribution is 0.0595. The first-order valence-electron chi connectivity index (χ1n) is 12.7. The van der Waals surface area contributed by atoms with Crippen molar-refractivity contribution in [3.63, 3.8) is 0 Å². The molecule has 1 aromatic carbocycles. The minimum atomic E-state index is -3.63. The Balaban J connectivity index is 1.35. The van der Waals surface area contributed by atoms with E-state index in [1.165, 1.54) is 8.99 Å². The van der Waals surface area contributed by atoms with Crippen LogP contribution in [0.2, 0.25) is 5.02 Å². The van der Waals surface area contributed by atoms with Crippen LogP contribution in [0.4, 0.5) is 5.69 Å². The number of halogens is 1. The third kappa shape index (κ3) is 6.40. The van der Waals surface area contributed by atoms with E-state index in [2.05, 4.69) is 17.3 Å². The van der Waals surface area contributed by atoms with Crippen molar-refractivity contribution in [1.29, 1.82) is 0 Å². The summed E-state index contributed by atoms with van der Waals surface area (Å²) in [5.74, 6) is 1.04. The van der Waals surface area contributed by atoms with Crippen LogP contribution in [0.1, 0.15) is 51.5 Å². The van der Waals surface area contributed by atoms with Gasteiger partial charge in [-0.3, -0.25) is 4.79 Å². The maximum atomic E-state index is 13.1. The Hall–Kier alpha value is -2.14. The van der Waals surface area contributed by atoms with E-state index in [-0.39, 0.29) is 21.5 Å². The van der Waals surface area contributed by atoms with Crippen molar-refractivity contribution < 1.29 is 17.9 Å². The zero-order valence-corrected chi connectivity index (χ0v) is 22.3. The largest absolute Gasteiger partial charge is 0.494 e. The molecule has 2 aliphatic rings. The van der Waals surface area contributed by atoms with Gasteiger partial charge in [-0.1, -0.05) is 24.9 Å². The second-order valence-electron chi connectivity index (χ2n) is 9.39. The summed E-state index contributed by atoms with van der Waals surface area (Å²) in [4.78, 5) is 13.2. The van der Waals surface area contributed by atoms with Gasteiger partial charge in [-0.25, -0.2) is 13.1 Å². The number of rotatable bonds is 10. The van der Waals surface area contributed by atoms with Crippen LogP contribution >= 0.6 is 11.6 Å². The van der Waals surface area contributed by atoms with E-state index in [9.17, 15) is 13.2 Å². The van der Waals surface area contributed by atoms with E-state index in [0.29, 0.717) is 63.0 Å². The third-order valence-corrected chi connectivity index (χ3v) is 9.05. The van der Waals surface area contributed by atoms with Crippen LogP contribution < -0.4 is 15.6 Å². The van der Waals surface area contributed by atoms with E-state index in [0.717, 1.165) is 32.3 Å². The molecule has 198 valence electrons. The Morgan fingerprint density at radius 3 is 2.61 bits per heavy atom.